The summed E-state index contributed by atoms with van der Waals surface area (Å²) in [5, 5.41) is 6.87. The van der Waals surface area contributed by atoms with Crippen molar-refractivity contribution in [2.24, 2.45) is 0 Å². The summed E-state index contributed by atoms with van der Waals surface area (Å²) in [5.41, 5.74) is 0.347. The van der Waals surface area contributed by atoms with Crippen LogP contribution in [0.3, 0.4) is 0 Å². The summed E-state index contributed by atoms with van der Waals surface area (Å²) in [6, 6.07) is 4.37. The van der Waals surface area contributed by atoms with Gasteiger partial charge >= 0.3 is 0 Å². The van der Waals surface area contributed by atoms with Gasteiger partial charge < -0.3 is 10.6 Å². The lowest BCUT2D eigenvalue weighted by molar-refractivity contribution is 0.0857. The van der Waals surface area contributed by atoms with E-state index < -0.39 is 0 Å². The molecule has 104 valence electrons. The molecule has 2 heterocycles. The van der Waals surface area contributed by atoms with Gasteiger partial charge in [-0.3, -0.25) is 4.79 Å². The lowest BCUT2D eigenvalue weighted by atomic mass is 9.70. The Morgan fingerprint density at radius 2 is 2.37 bits per heavy atom. The quantitative estimate of drug-likeness (QED) is 0.892. The van der Waals surface area contributed by atoms with Crippen LogP contribution in [0.5, 0.6) is 0 Å². The SMILES string of the molecule is CCc1ccc(C(=O)NC2CCNC3(CCC3)C2)s1. The van der Waals surface area contributed by atoms with E-state index in [9.17, 15) is 4.79 Å². The summed E-state index contributed by atoms with van der Waals surface area (Å²) in [6.07, 6.45) is 7.05. The summed E-state index contributed by atoms with van der Waals surface area (Å²) in [6.45, 7) is 3.16. The van der Waals surface area contributed by atoms with Crippen molar-refractivity contribution in [2.75, 3.05) is 6.54 Å². The fourth-order valence-corrected chi connectivity index (χ4v) is 4.06. The van der Waals surface area contributed by atoms with Gasteiger partial charge in [-0.15, -0.1) is 11.3 Å². The van der Waals surface area contributed by atoms with Crippen LogP contribution in [0.15, 0.2) is 12.1 Å². The second-order valence-corrected chi connectivity index (χ2v) is 7.01. The highest BCUT2D eigenvalue weighted by Crippen LogP contribution is 2.38. The maximum atomic E-state index is 12.2. The van der Waals surface area contributed by atoms with Crippen LogP contribution in [0.25, 0.3) is 0 Å². The molecule has 19 heavy (non-hydrogen) atoms. The maximum absolute atomic E-state index is 12.2. The van der Waals surface area contributed by atoms with E-state index in [-0.39, 0.29) is 5.91 Å². The highest BCUT2D eigenvalue weighted by atomic mass is 32.1. The van der Waals surface area contributed by atoms with Crippen LogP contribution in [-0.4, -0.2) is 24.0 Å². The molecular formula is C15H22N2OS. The number of hydrogen-bond acceptors (Lipinski definition) is 3. The number of carbonyl (C=O) groups excluding carboxylic acids is 1. The Morgan fingerprint density at radius 3 is 3.00 bits per heavy atom. The zero-order valence-corrected chi connectivity index (χ0v) is 12.3. The molecular weight excluding hydrogens is 256 g/mol. The monoisotopic (exact) mass is 278 g/mol. The predicted octanol–water partition coefficient (Wildman–Crippen LogP) is 2.72. The van der Waals surface area contributed by atoms with Crippen molar-refractivity contribution < 1.29 is 4.79 Å². The molecule has 1 aliphatic carbocycles. The van der Waals surface area contributed by atoms with E-state index in [1.165, 1.54) is 24.1 Å². The topological polar surface area (TPSA) is 41.1 Å². The smallest absolute Gasteiger partial charge is 0.261 e. The lowest BCUT2D eigenvalue weighted by Gasteiger charge is -2.48. The van der Waals surface area contributed by atoms with Crippen molar-refractivity contribution in [3.63, 3.8) is 0 Å². The summed E-state index contributed by atoms with van der Waals surface area (Å²) < 4.78 is 0. The minimum Gasteiger partial charge on any atom is -0.348 e. The zero-order chi connectivity index (χ0) is 13.3. The van der Waals surface area contributed by atoms with Crippen molar-refractivity contribution in [1.82, 2.24) is 10.6 Å². The molecule has 2 fully saturated rings. The molecule has 0 bridgehead atoms. The van der Waals surface area contributed by atoms with Gasteiger partial charge in [-0.25, -0.2) is 0 Å². The number of carbonyl (C=O) groups is 1. The van der Waals surface area contributed by atoms with Gasteiger partial charge in [0.1, 0.15) is 0 Å². The van der Waals surface area contributed by atoms with Crippen molar-refractivity contribution in [2.45, 2.75) is 57.0 Å². The molecule has 0 aromatic carbocycles. The van der Waals surface area contributed by atoms with Gasteiger partial charge in [0.2, 0.25) is 0 Å². The van der Waals surface area contributed by atoms with E-state index in [0.717, 1.165) is 30.7 Å². The van der Waals surface area contributed by atoms with Crippen LogP contribution < -0.4 is 10.6 Å². The summed E-state index contributed by atoms with van der Waals surface area (Å²) in [5.74, 6) is 0.117. The molecule has 1 atom stereocenters. The summed E-state index contributed by atoms with van der Waals surface area (Å²) in [7, 11) is 0. The van der Waals surface area contributed by atoms with Crippen molar-refractivity contribution in [3.8, 4) is 0 Å². The average molecular weight is 278 g/mol. The lowest BCUT2D eigenvalue weighted by Crippen LogP contribution is -2.59. The molecule has 1 spiro atoms. The minimum atomic E-state index is 0.117. The Hall–Kier alpha value is -0.870. The molecule has 1 saturated heterocycles. The number of rotatable bonds is 3. The Kier molecular flexibility index (Phi) is 3.63. The molecule has 1 unspecified atom stereocenters. The Balaban J connectivity index is 1.59. The fourth-order valence-electron chi connectivity index (χ4n) is 3.21. The number of piperidine rings is 1. The largest absolute Gasteiger partial charge is 0.348 e. The van der Waals surface area contributed by atoms with E-state index in [1.807, 2.05) is 6.07 Å². The highest BCUT2D eigenvalue weighted by Gasteiger charge is 2.41. The molecule has 3 rings (SSSR count). The van der Waals surface area contributed by atoms with Crippen molar-refractivity contribution in [1.29, 1.82) is 0 Å². The average Bonchev–Trinajstić information content (AvgIpc) is 2.86. The van der Waals surface area contributed by atoms with Crippen LogP contribution in [0.2, 0.25) is 0 Å². The van der Waals surface area contributed by atoms with Crippen molar-refractivity contribution >= 4 is 17.2 Å². The first-order chi connectivity index (χ1) is 9.21. The van der Waals surface area contributed by atoms with Gasteiger partial charge in [0.25, 0.3) is 5.91 Å². The molecule has 1 saturated carbocycles. The molecule has 1 aliphatic heterocycles. The zero-order valence-electron chi connectivity index (χ0n) is 11.5. The van der Waals surface area contributed by atoms with E-state index in [1.54, 1.807) is 11.3 Å². The third-order valence-electron chi connectivity index (χ3n) is 4.51. The predicted molar refractivity (Wildman–Crippen MR) is 78.8 cm³/mol. The van der Waals surface area contributed by atoms with Gasteiger partial charge in [0, 0.05) is 16.5 Å². The van der Waals surface area contributed by atoms with Crippen LogP contribution in [0.1, 0.15) is 53.6 Å². The van der Waals surface area contributed by atoms with Crippen LogP contribution >= 0.6 is 11.3 Å². The van der Waals surface area contributed by atoms with Gasteiger partial charge in [0.15, 0.2) is 0 Å². The number of aryl methyl sites for hydroxylation is 1. The third-order valence-corrected chi connectivity index (χ3v) is 5.74. The Bertz CT molecular complexity index is 464. The van der Waals surface area contributed by atoms with Gasteiger partial charge in [-0.05, 0) is 57.2 Å². The van der Waals surface area contributed by atoms with Crippen LogP contribution in [-0.2, 0) is 6.42 Å². The molecule has 2 N–H and O–H groups in total. The second kappa shape index (κ2) is 5.25. The van der Waals surface area contributed by atoms with Gasteiger partial charge in [-0.1, -0.05) is 6.92 Å². The Morgan fingerprint density at radius 1 is 1.53 bits per heavy atom. The summed E-state index contributed by atoms with van der Waals surface area (Å²) >= 11 is 1.62. The van der Waals surface area contributed by atoms with E-state index in [2.05, 4.69) is 23.6 Å². The molecule has 0 radical (unpaired) electrons. The molecule has 2 aliphatic rings. The third kappa shape index (κ3) is 2.70. The van der Waals surface area contributed by atoms with E-state index >= 15 is 0 Å². The molecule has 4 heteroatoms. The van der Waals surface area contributed by atoms with Crippen LogP contribution in [0, 0.1) is 0 Å². The first-order valence-corrected chi connectivity index (χ1v) is 8.17. The number of nitrogens with one attached hydrogen (secondary N) is 2. The van der Waals surface area contributed by atoms with Gasteiger partial charge in [-0.2, -0.15) is 0 Å². The minimum absolute atomic E-state index is 0.117. The molecule has 1 amide bonds. The Labute approximate surface area is 118 Å². The molecule has 1 aromatic rings. The number of hydrogen-bond donors (Lipinski definition) is 2. The molecule has 1 aromatic heterocycles. The van der Waals surface area contributed by atoms with Crippen LogP contribution in [0.4, 0.5) is 0 Å². The van der Waals surface area contributed by atoms with Gasteiger partial charge in [0.05, 0.1) is 4.88 Å². The maximum Gasteiger partial charge on any atom is 0.261 e. The number of thiophene rings is 1. The first-order valence-electron chi connectivity index (χ1n) is 7.35. The molecule has 3 nitrogen and oxygen atoms in total. The fraction of sp³-hybridized carbons (Fsp3) is 0.667. The standard InChI is InChI=1S/C15H22N2OS/c1-2-12-4-5-13(19-12)14(18)17-11-6-9-16-15(10-11)7-3-8-15/h4-5,11,16H,2-3,6-10H2,1H3,(H,17,18). The van der Waals surface area contributed by atoms with E-state index in [0.29, 0.717) is 11.6 Å². The van der Waals surface area contributed by atoms with Crippen molar-refractivity contribution in [3.05, 3.63) is 21.9 Å². The first kappa shape index (κ1) is 13.1. The number of amides is 1. The van der Waals surface area contributed by atoms with E-state index in [4.69, 9.17) is 0 Å². The normalized spacial score (nSPS) is 25.0. The second-order valence-electron chi connectivity index (χ2n) is 5.84. The highest BCUT2D eigenvalue weighted by molar-refractivity contribution is 7.14. The summed E-state index contributed by atoms with van der Waals surface area (Å²) in [4.78, 5) is 14.4.